The van der Waals surface area contributed by atoms with E-state index in [1.807, 2.05) is 0 Å². The molecule has 2 aromatic rings. The number of nitrogens with two attached hydrogens (primary N) is 1. The summed E-state index contributed by atoms with van der Waals surface area (Å²) in [6.45, 7) is 0.453. The standard InChI is InChI=1S/C15H15BrN2O2/c1-18(9-10-2-5-12(19)6-3-10)15(20)13-7-4-11(16)8-14(13)17/h2-8,19H,9,17H2,1H3. The average molecular weight is 335 g/mol. The zero-order valence-corrected chi connectivity index (χ0v) is 12.6. The van der Waals surface area contributed by atoms with Gasteiger partial charge in [-0.25, -0.2) is 0 Å². The molecule has 0 saturated heterocycles. The van der Waals surface area contributed by atoms with E-state index < -0.39 is 0 Å². The molecule has 0 unspecified atom stereocenters. The zero-order valence-electron chi connectivity index (χ0n) is 11.0. The lowest BCUT2D eigenvalue weighted by molar-refractivity contribution is 0.0786. The van der Waals surface area contributed by atoms with E-state index in [2.05, 4.69) is 15.9 Å². The first-order valence-electron chi connectivity index (χ1n) is 6.06. The van der Waals surface area contributed by atoms with Gasteiger partial charge >= 0.3 is 0 Å². The molecule has 20 heavy (non-hydrogen) atoms. The first-order chi connectivity index (χ1) is 9.47. The fourth-order valence-corrected chi connectivity index (χ4v) is 2.26. The van der Waals surface area contributed by atoms with Crippen LogP contribution in [0.25, 0.3) is 0 Å². The number of anilines is 1. The molecule has 5 heteroatoms. The van der Waals surface area contributed by atoms with Crippen LogP contribution in [0.2, 0.25) is 0 Å². The van der Waals surface area contributed by atoms with Crippen molar-refractivity contribution in [3.05, 3.63) is 58.1 Å². The van der Waals surface area contributed by atoms with Crippen molar-refractivity contribution in [3.63, 3.8) is 0 Å². The number of nitrogen functional groups attached to an aromatic ring is 1. The Kier molecular flexibility index (Phi) is 4.29. The van der Waals surface area contributed by atoms with E-state index in [-0.39, 0.29) is 11.7 Å². The van der Waals surface area contributed by atoms with E-state index in [0.717, 1.165) is 10.0 Å². The number of nitrogens with zero attached hydrogens (tertiary/aromatic N) is 1. The molecule has 0 saturated carbocycles. The summed E-state index contributed by atoms with van der Waals surface area (Å²) in [6.07, 6.45) is 0. The molecule has 1 amide bonds. The van der Waals surface area contributed by atoms with Crippen LogP contribution in [0.3, 0.4) is 0 Å². The van der Waals surface area contributed by atoms with Crippen LogP contribution in [0, 0.1) is 0 Å². The van der Waals surface area contributed by atoms with E-state index in [9.17, 15) is 9.90 Å². The van der Waals surface area contributed by atoms with Crippen LogP contribution in [0.4, 0.5) is 5.69 Å². The Morgan fingerprint density at radius 1 is 1.25 bits per heavy atom. The topological polar surface area (TPSA) is 66.6 Å². The van der Waals surface area contributed by atoms with Gasteiger partial charge in [0.25, 0.3) is 5.91 Å². The van der Waals surface area contributed by atoms with Crippen LogP contribution in [-0.4, -0.2) is 23.0 Å². The number of carbonyl (C=O) groups excluding carboxylic acids is 1. The number of hydrogen-bond acceptors (Lipinski definition) is 3. The van der Waals surface area contributed by atoms with E-state index in [4.69, 9.17) is 5.73 Å². The van der Waals surface area contributed by atoms with Gasteiger partial charge in [0.1, 0.15) is 5.75 Å². The molecule has 0 aliphatic rings. The van der Waals surface area contributed by atoms with Gasteiger partial charge in [-0.3, -0.25) is 4.79 Å². The number of amides is 1. The Morgan fingerprint density at radius 3 is 2.50 bits per heavy atom. The number of benzene rings is 2. The third-order valence-electron chi connectivity index (χ3n) is 2.95. The van der Waals surface area contributed by atoms with E-state index in [1.165, 1.54) is 0 Å². The Labute approximate surface area is 126 Å². The molecular weight excluding hydrogens is 320 g/mol. The van der Waals surface area contributed by atoms with E-state index in [1.54, 1.807) is 54.4 Å². The molecule has 0 atom stereocenters. The van der Waals surface area contributed by atoms with Gasteiger partial charge in [0.15, 0.2) is 0 Å². The van der Waals surface area contributed by atoms with Crippen LogP contribution >= 0.6 is 15.9 Å². The molecule has 0 aliphatic heterocycles. The lowest BCUT2D eigenvalue weighted by Crippen LogP contribution is -2.26. The third-order valence-corrected chi connectivity index (χ3v) is 3.44. The van der Waals surface area contributed by atoms with Gasteiger partial charge in [0.2, 0.25) is 0 Å². The highest BCUT2D eigenvalue weighted by molar-refractivity contribution is 9.10. The largest absolute Gasteiger partial charge is 0.508 e. The van der Waals surface area contributed by atoms with E-state index in [0.29, 0.717) is 17.8 Å². The molecule has 0 bridgehead atoms. The summed E-state index contributed by atoms with van der Waals surface area (Å²) in [5, 5.41) is 9.24. The minimum atomic E-state index is -0.136. The fourth-order valence-electron chi connectivity index (χ4n) is 1.88. The van der Waals surface area contributed by atoms with Crippen molar-refractivity contribution in [1.29, 1.82) is 0 Å². The number of aromatic hydroxyl groups is 1. The second kappa shape index (κ2) is 5.96. The Hall–Kier alpha value is -2.01. The quantitative estimate of drug-likeness (QED) is 0.848. The van der Waals surface area contributed by atoms with Crippen molar-refractivity contribution in [2.75, 3.05) is 12.8 Å². The van der Waals surface area contributed by atoms with E-state index >= 15 is 0 Å². The minimum absolute atomic E-state index is 0.136. The third kappa shape index (κ3) is 3.30. The molecule has 104 valence electrons. The van der Waals surface area contributed by atoms with Crippen molar-refractivity contribution in [2.45, 2.75) is 6.54 Å². The zero-order chi connectivity index (χ0) is 14.7. The minimum Gasteiger partial charge on any atom is -0.508 e. The summed E-state index contributed by atoms with van der Waals surface area (Å²) < 4.78 is 0.840. The maximum atomic E-state index is 12.3. The number of hydrogen-bond donors (Lipinski definition) is 2. The second-order valence-electron chi connectivity index (χ2n) is 4.56. The molecule has 2 aromatic carbocycles. The lowest BCUT2D eigenvalue weighted by Gasteiger charge is -2.18. The Bertz CT molecular complexity index is 626. The van der Waals surface area contributed by atoms with Gasteiger partial charge in [0.05, 0.1) is 5.56 Å². The van der Waals surface area contributed by atoms with Crippen molar-refractivity contribution in [2.24, 2.45) is 0 Å². The summed E-state index contributed by atoms with van der Waals surface area (Å²) in [5.41, 5.74) is 7.73. The lowest BCUT2D eigenvalue weighted by atomic mass is 10.1. The maximum Gasteiger partial charge on any atom is 0.255 e. The second-order valence-corrected chi connectivity index (χ2v) is 5.47. The van der Waals surface area contributed by atoms with Gasteiger partial charge in [-0.2, -0.15) is 0 Å². The number of rotatable bonds is 3. The van der Waals surface area contributed by atoms with Crippen molar-refractivity contribution >= 4 is 27.5 Å². The number of phenolic OH excluding ortho intramolecular Hbond substituents is 1. The maximum absolute atomic E-state index is 12.3. The highest BCUT2D eigenvalue weighted by Gasteiger charge is 2.15. The molecule has 0 spiro atoms. The SMILES string of the molecule is CN(Cc1ccc(O)cc1)C(=O)c1ccc(Br)cc1N. The van der Waals surface area contributed by atoms with Crippen molar-refractivity contribution in [1.82, 2.24) is 4.90 Å². The smallest absolute Gasteiger partial charge is 0.255 e. The van der Waals surface area contributed by atoms with Crippen LogP contribution in [0.1, 0.15) is 15.9 Å². The van der Waals surface area contributed by atoms with Crippen LogP contribution < -0.4 is 5.73 Å². The normalized spacial score (nSPS) is 10.3. The number of phenols is 1. The van der Waals surface area contributed by atoms with Gasteiger partial charge in [0, 0.05) is 23.8 Å². The molecule has 4 nitrogen and oxygen atoms in total. The fraction of sp³-hybridized carbons (Fsp3) is 0.133. The molecule has 0 fully saturated rings. The number of halogens is 1. The monoisotopic (exact) mass is 334 g/mol. The highest BCUT2D eigenvalue weighted by Crippen LogP contribution is 2.20. The first kappa shape index (κ1) is 14.4. The molecule has 0 radical (unpaired) electrons. The highest BCUT2D eigenvalue weighted by atomic mass is 79.9. The summed E-state index contributed by atoms with van der Waals surface area (Å²) >= 11 is 3.31. The first-order valence-corrected chi connectivity index (χ1v) is 6.85. The predicted octanol–water partition coefficient (Wildman–Crippen LogP) is 3.01. The predicted molar refractivity (Wildman–Crippen MR) is 82.5 cm³/mol. The molecular formula is C15H15BrN2O2. The number of carbonyl (C=O) groups is 1. The van der Waals surface area contributed by atoms with Crippen LogP contribution in [0.5, 0.6) is 5.75 Å². The average Bonchev–Trinajstić information content (AvgIpc) is 2.40. The molecule has 0 aromatic heterocycles. The van der Waals surface area contributed by atoms with Crippen LogP contribution in [0.15, 0.2) is 46.9 Å². The summed E-state index contributed by atoms with van der Waals surface area (Å²) in [5.74, 6) is 0.0722. The molecule has 3 N–H and O–H groups in total. The van der Waals surface area contributed by atoms with Crippen molar-refractivity contribution < 1.29 is 9.90 Å². The summed E-state index contributed by atoms with van der Waals surface area (Å²) in [4.78, 5) is 13.9. The molecule has 2 rings (SSSR count). The Balaban J connectivity index is 2.14. The van der Waals surface area contributed by atoms with Gasteiger partial charge < -0.3 is 15.7 Å². The summed E-state index contributed by atoms with van der Waals surface area (Å²) in [6, 6.07) is 12.0. The molecule has 0 aliphatic carbocycles. The van der Waals surface area contributed by atoms with Gasteiger partial charge in [-0.05, 0) is 35.9 Å². The Morgan fingerprint density at radius 2 is 1.90 bits per heavy atom. The van der Waals surface area contributed by atoms with Gasteiger partial charge in [-0.15, -0.1) is 0 Å². The summed E-state index contributed by atoms with van der Waals surface area (Å²) in [7, 11) is 1.72. The molecule has 0 heterocycles. The van der Waals surface area contributed by atoms with Crippen LogP contribution in [-0.2, 0) is 6.54 Å². The van der Waals surface area contributed by atoms with Gasteiger partial charge in [-0.1, -0.05) is 28.1 Å². The van der Waals surface area contributed by atoms with Crippen molar-refractivity contribution in [3.8, 4) is 5.75 Å².